The average molecular weight is 316 g/mol. The highest BCUT2D eigenvalue weighted by molar-refractivity contribution is 6.32. The Morgan fingerprint density at radius 1 is 1.48 bits per heavy atom. The van der Waals surface area contributed by atoms with Crippen LogP contribution in [0.4, 0.5) is 4.79 Å². The molecule has 0 spiro atoms. The molecule has 114 valence electrons. The van der Waals surface area contributed by atoms with Crippen molar-refractivity contribution < 1.29 is 24.2 Å². The molecule has 0 fully saturated rings. The maximum absolute atomic E-state index is 10.5. The number of hydrazone groups is 1. The molecule has 0 saturated heterocycles. The number of carboxylic acid groups (broad SMARTS) is 1. The summed E-state index contributed by atoms with van der Waals surface area (Å²) in [6.45, 7) is 1.54. The van der Waals surface area contributed by atoms with E-state index in [9.17, 15) is 9.59 Å². The Bertz CT molecular complexity index is 562. The number of nitrogens with zero attached hydrogens (tertiary/aromatic N) is 1. The third-order valence-corrected chi connectivity index (χ3v) is 2.34. The van der Waals surface area contributed by atoms with E-state index >= 15 is 0 Å². The number of ether oxygens (including phenoxy) is 2. The summed E-state index contributed by atoms with van der Waals surface area (Å²) in [6, 6.07) is 2.22. The lowest BCUT2D eigenvalue weighted by Crippen LogP contribution is -2.24. The maximum atomic E-state index is 10.5. The van der Waals surface area contributed by atoms with Gasteiger partial charge in [0.15, 0.2) is 18.1 Å². The lowest BCUT2D eigenvalue weighted by Gasteiger charge is -2.13. The summed E-state index contributed by atoms with van der Waals surface area (Å²) in [4.78, 5) is 21.0. The van der Waals surface area contributed by atoms with Crippen LogP contribution in [0.2, 0.25) is 5.02 Å². The number of hydrogen-bond acceptors (Lipinski definition) is 5. The van der Waals surface area contributed by atoms with Gasteiger partial charge in [0, 0.05) is 0 Å². The van der Waals surface area contributed by atoms with Crippen molar-refractivity contribution in [3.63, 3.8) is 0 Å². The molecule has 1 rings (SSSR count). The number of carbonyl (C=O) groups excluding carboxylic acids is 1. The zero-order valence-corrected chi connectivity index (χ0v) is 11.9. The van der Waals surface area contributed by atoms with Crippen LogP contribution in [0.25, 0.3) is 0 Å². The van der Waals surface area contributed by atoms with Gasteiger partial charge in [-0.2, -0.15) is 5.10 Å². The van der Waals surface area contributed by atoms with Gasteiger partial charge in [-0.05, 0) is 24.6 Å². The zero-order valence-electron chi connectivity index (χ0n) is 11.1. The van der Waals surface area contributed by atoms with E-state index in [4.69, 9.17) is 31.9 Å². The lowest BCUT2D eigenvalue weighted by molar-refractivity contribution is -0.139. The summed E-state index contributed by atoms with van der Waals surface area (Å²) in [5.41, 5.74) is 7.41. The van der Waals surface area contributed by atoms with Crippen LogP contribution < -0.4 is 20.6 Å². The number of benzene rings is 1. The second-order valence-corrected chi connectivity index (χ2v) is 4.09. The molecule has 0 unspecified atom stereocenters. The minimum absolute atomic E-state index is 0.126. The van der Waals surface area contributed by atoms with Crippen molar-refractivity contribution in [2.24, 2.45) is 10.8 Å². The van der Waals surface area contributed by atoms with Gasteiger partial charge in [-0.3, -0.25) is 0 Å². The van der Waals surface area contributed by atoms with Crippen LogP contribution >= 0.6 is 11.6 Å². The quantitative estimate of drug-likeness (QED) is 0.515. The van der Waals surface area contributed by atoms with Crippen LogP contribution in [0.1, 0.15) is 12.5 Å². The molecule has 0 aromatic heterocycles. The number of hydrogen-bond donors (Lipinski definition) is 3. The first-order chi connectivity index (χ1) is 9.93. The van der Waals surface area contributed by atoms with Gasteiger partial charge < -0.3 is 20.3 Å². The third-order valence-electron chi connectivity index (χ3n) is 2.06. The van der Waals surface area contributed by atoms with E-state index in [1.165, 1.54) is 12.3 Å². The summed E-state index contributed by atoms with van der Waals surface area (Å²) in [6.07, 6.45) is 1.31. The van der Waals surface area contributed by atoms with Crippen molar-refractivity contribution >= 4 is 29.8 Å². The van der Waals surface area contributed by atoms with Gasteiger partial charge in [0.1, 0.15) is 0 Å². The predicted molar refractivity (Wildman–Crippen MR) is 76.1 cm³/mol. The number of primary amides is 1. The lowest BCUT2D eigenvalue weighted by atomic mass is 10.2. The minimum Gasteiger partial charge on any atom is -0.490 e. The van der Waals surface area contributed by atoms with Gasteiger partial charge in [0.2, 0.25) is 0 Å². The molecule has 0 bridgehead atoms. The fourth-order valence-electron chi connectivity index (χ4n) is 1.37. The largest absolute Gasteiger partial charge is 0.490 e. The molecule has 0 radical (unpaired) electrons. The Kier molecular flexibility index (Phi) is 6.28. The molecular formula is C12H14ClN3O5. The summed E-state index contributed by atoms with van der Waals surface area (Å²) in [5.74, 6) is -0.738. The van der Waals surface area contributed by atoms with E-state index in [1.54, 1.807) is 13.0 Å². The van der Waals surface area contributed by atoms with Crippen LogP contribution in [0.5, 0.6) is 11.5 Å². The Balaban J connectivity index is 3.02. The molecule has 21 heavy (non-hydrogen) atoms. The first kappa shape index (κ1) is 16.6. The van der Waals surface area contributed by atoms with Gasteiger partial charge in [-0.25, -0.2) is 15.0 Å². The SMILES string of the molecule is CCOc1cc(C=NNC(N)=O)cc(Cl)c1OCC(=O)O. The van der Waals surface area contributed by atoms with Crippen LogP contribution in [0.15, 0.2) is 17.2 Å². The number of halogens is 1. The number of nitrogens with one attached hydrogen (secondary N) is 1. The molecule has 8 nitrogen and oxygen atoms in total. The van der Waals surface area contributed by atoms with Gasteiger partial charge in [0.05, 0.1) is 17.8 Å². The van der Waals surface area contributed by atoms with Crippen LogP contribution in [-0.4, -0.2) is 36.5 Å². The number of carbonyl (C=O) groups is 2. The molecule has 9 heteroatoms. The molecule has 0 saturated carbocycles. The van der Waals surface area contributed by atoms with E-state index in [2.05, 4.69) is 5.10 Å². The molecule has 2 amide bonds. The highest BCUT2D eigenvalue weighted by Crippen LogP contribution is 2.36. The number of nitrogens with two attached hydrogens (primary N) is 1. The Morgan fingerprint density at radius 2 is 2.19 bits per heavy atom. The molecule has 0 aliphatic rings. The fraction of sp³-hybridized carbons (Fsp3) is 0.250. The molecule has 1 aromatic carbocycles. The molecular weight excluding hydrogens is 302 g/mol. The highest BCUT2D eigenvalue weighted by Gasteiger charge is 2.13. The minimum atomic E-state index is -1.13. The number of urea groups is 1. The van der Waals surface area contributed by atoms with Crippen LogP contribution in [0, 0.1) is 0 Å². The van der Waals surface area contributed by atoms with Crippen LogP contribution in [-0.2, 0) is 4.79 Å². The molecule has 0 heterocycles. The molecule has 0 aliphatic carbocycles. The summed E-state index contributed by atoms with van der Waals surface area (Å²) in [7, 11) is 0. The van der Waals surface area contributed by atoms with Crippen molar-refractivity contribution in [3.05, 3.63) is 22.7 Å². The van der Waals surface area contributed by atoms with Crippen molar-refractivity contribution in [2.75, 3.05) is 13.2 Å². The van der Waals surface area contributed by atoms with Gasteiger partial charge in [0.25, 0.3) is 0 Å². The molecule has 0 atom stereocenters. The molecule has 0 aliphatic heterocycles. The van der Waals surface area contributed by atoms with Gasteiger partial charge >= 0.3 is 12.0 Å². The van der Waals surface area contributed by atoms with Crippen LogP contribution in [0.3, 0.4) is 0 Å². The molecule has 4 N–H and O–H groups in total. The van der Waals surface area contributed by atoms with E-state index in [0.29, 0.717) is 12.2 Å². The Labute approximate surface area is 125 Å². The van der Waals surface area contributed by atoms with E-state index in [-0.39, 0.29) is 16.5 Å². The second kappa shape index (κ2) is 7.95. The summed E-state index contributed by atoms with van der Waals surface area (Å²) < 4.78 is 10.4. The summed E-state index contributed by atoms with van der Waals surface area (Å²) in [5, 5.41) is 12.4. The Morgan fingerprint density at radius 3 is 2.76 bits per heavy atom. The normalized spacial score (nSPS) is 10.4. The number of aliphatic carboxylic acids is 1. The fourth-order valence-corrected chi connectivity index (χ4v) is 1.64. The number of rotatable bonds is 7. The second-order valence-electron chi connectivity index (χ2n) is 3.68. The average Bonchev–Trinajstić information content (AvgIpc) is 2.37. The van der Waals surface area contributed by atoms with E-state index in [0.717, 1.165) is 0 Å². The standard InChI is InChI=1S/C12H14ClN3O5/c1-2-20-9-4-7(5-15-16-12(14)19)3-8(13)11(9)21-6-10(17)18/h3-5H,2,6H2,1H3,(H,17,18)(H3,14,16,19). The van der Waals surface area contributed by atoms with Crippen molar-refractivity contribution in [1.29, 1.82) is 0 Å². The van der Waals surface area contributed by atoms with Crippen molar-refractivity contribution in [3.8, 4) is 11.5 Å². The Hall–Kier alpha value is -2.48. The first-order valence-electron chi connectivity index (χ1n) is 5.83. The highest BCUT2D eigenvalue weighted by atomic mass is 35.5. The smallest absolute Gasteiger partial charge is 0.341 e. The van der Waals surface area contributed by atoms with Crippen molar-refractivity contribution in [2.45, 2.75) is 6.92 Å². The summed E-state index contributed by atoms with van der Waals surface area (Å²) >= 11 is 6.02. The third kappa shape index (κ3) is 5.57. The van der Waals surface area contributed by atoms with Crippen molar-refractivity contribution in [1.82, 2.24) is 5.43 Å². The van der Waals surface area contributed by atoms with Gasteiger partial charge in [-0.15, -0.1) is 0 Å². The topological polar surface area (TPSA) is 123 Å². The maximum Gasteiger partial charge on any atom is 0.341 e. The number of carboxylic acids is 1. The zero-order chi connectivity index (χ0) is 15.8. The predicted octanol–water partition coefficient (Wildman–Crippen LogP) is 1.20. The number of amides is 2. The molecule has 1 aromatic rings. The van der Waals surface area contributed by atoms with E-state index in [1.807, 2.05) is 5.43 Å². The van der Waals surface area contributed by atoms with E-state index < -0.39 is 18.6 Å². The first-order valence-corrected chi connectivity index (χ1v) is 6.21. The van der Waals surface area contributed by atoms with Gasteiger partial charge in [-0.1, -0.05) is 11.6 Å². The monoisotopic (exact) mass is 315 g/mol.